The first-order valence-electron chi connectivity index (χ1n) is 10.9. The quantitative estimate of drug-likeness (QED) is 0.503. The zero-order valence-corrected chi connectivity index (χ0v) is 19.5. The number of sulfonamides is 1. The number of carbonyl (C=O) groups is 1. The molecule has 0 atom stereocenters. The van der Waals surface area contributed by atoms with Crippen molar-refractivity contribution < 1.29 is 23.1 Å². The largest absolute Gasteiger partial charge is 0.494 e. The number of piperazine rings is 1. The molecular formula is C24H26N4O5S. The number of carboxylic acids is 1. The first-order chi connectivity index (χ1) is 16.4. The lowest BCUT2D eigenvalue weighted by Gasteiger charge is -2.37. The van der Waals surface area contributed by atoms with Gasteiger partial charge in [-0.1, -0.05) is 6.07 Å². The normalized spacial score (nSPS) is 14.0. The maximum atomic E-state index is 12.8. The van der Waals surface area contributed by atoms with Crippen LogP contribution in [-0.4, -0.2) is 57.3 Å². The highest BCUT2D eigenvalue weighted by atomic mass is 32.2. The first-order valence-corrected chi connectivity index (χ1v) is 12.4. The summed E-state index contributed by atoms with van der Waals surface area (Å²) in [6, 6.07) is 16.4. The van der Waals surface area contributed by atoms with Crippen LogP contribution in [0.25, 0.3) is 0 Å². The molecule has 2 aromatic carbocycles. The Labute approximate surface area is 198 Å². The van der Waals surface area contributed by atoms with Gasteiger partial charge in [-0.2, -0.15) is 0 Å². The number of ether oxygens (including phenoxy) is 1. The summed E-state index contributed by atoms with van der Waals surface area (Å²) in [6.07, 6.45) is 1.75. The van der Waals surface area contributed by atoms with Gasteiger partial charge in [-0.05, 0) is 61.5 Å². The number of hydrogen-bond acceptors (Lipinski definition) is 7. The van der Waals surface area contributed by atoms with Gasteiger partial charge in [0.05, 0.1) is 22.8 Å². The van der Waals surface area contributed by atoms with Crippen LogP contribution in [0.5, 0.6) is 5.75 Å². The molecule has 4 rings (SSSR count). The number of benzene rings is 2. The maximum absolute atomic E-state index is 12.8. The fourth-order valence-electron chi connectivity index (χ4n) is 3.86. The third kappa shape index (κ3) is 5.23. The van der Waals surface area contributed by atoms with Gasteiger partial charge in [0.2, 0.25) is 0 Å². The molecule has 178 valence electrons. The summed E-state index contributed by atoms with van der Waals surface area (Å²) in [7, 11) is -3.89. The summed E-state index contributed by atoms with van der Waals surface area (Å²) in [6.45, 7) is 4.95. The lowest BCUT2D eigenvalue weighted by molar-refractivity contribution is 0.0697. The van der Waals surface area contributed by atoms with Gasteiger partial charge < -0.3 is 19.6 Å². The summed E-state index contributed by atoms with van der Waals surface area (Å²) in [5.41, 5.74) is 0.775. The van der Waals surface area contributed by atoms with E-state index in [1.165, 1.54) is 18.2 Å². The zero-order valence-electron chi connectivity index (χ0n) is 18.7. The molecule has 1 aliphatic heterocycles. The Morgan fingerprint density at radius 3 is 2.35 bits per heavy atom. The fourth-order valence-corrected chi connectivity index (χ4v) is 4.91. The van der Waals surface area contributed by atoms with Gasteiger partial charge in [-0.15, -0.1) is 0 Å². The van der Waals surface area contributed by atoms with Crippen molar-refractivity contribution in [2.75, 3.05) is 47.3 Å². The molecule has 0 radical (unpaired) electrons. The highest BCUT2D eigenvalue weighted by Gasteiger charge is 2.23. The van der Waals surface area contributed by atoms with E-state index >= 15 is 0 Å². The van der Waals surface area contributed by atoms with Crippen LogP contribution < -0.4 is 19.3 Å². The fraction of sp³-hybridized carbons (Fsp3) is 0.250. The Bertz CT molecular complexity index is 1240. The van der Waals surface area contributed by atoms with Gasteiger partial charge in [0, 0.05) is 38.1 Å². The molecule has 2 heterocycles. The molecule has 3 aromatic rings. The zero-order chi connectivity index (χ0) is 24.1. The van der Waals surface area contributed by atoms with Crippen molar-refractivity contribution in [1.82, 2.24) is 4.98 Å². The molecule has 1 aliphatic rings. The van der Waals surface area contributed by atoms with Crippen molar-refractivity contribution in [3.8, 4) is 5.75 Å². The summed E-state index contributed by atoms with van der Waals surface area (Å²) in [4.78, 5) is 20.6. The second-order valence-electron chi connectivity index (χ2n) is 7.71. The van der Waals surface area contributed by atoms with E-state index in [-0.39, 0.29) is 16.1 Å². The second kappa shape index (κ2) is 10.0. The number of anilines is 3. The van der Waals surface area contributed by atoms with Gasteiger partial charge in [0.25, 0.3) is 10.0 Å². The highest BCUT2D eigenvalue weighted by molar-refractivity contribution is 7.92. The number of pyridine rings is 1. The van der Waals surface area contributed by atoms with Crippen molar-refractivity contribution in [3.05, 3.63) is 72.4 Å². The van der Waals surface area contributed by atoms with Crippen LogP contribution >= 0.6 is 0 Å². The predicted molar refractivity (Wildman–Crippen MR) is 130 cm³/mol. The van der Waals surface area contributed by atoms with Crippen LogP contribution in [0.1, 0.15) is 17.3 Å². The smallest absolute Gasteiger partial charge is 0.337 e. The van der Waals surface area contributed by atoms with Crippen molar-refractivity contribution in [1.29, 1.82) is 0 Å². The molecule has 1 saturated heterocycles. The van der Waals surface area contributed by atoms with E-state index in [1.807, 2.05) is 30.0 Å². The van der Waals surface area contributed by atoms with E-state index in [4.69, 9.17) is 4.74 Å². The molecule has 1 aromatic heterocycles. The van der Waals surface area contributed by atoms with Crippen LogP contribution in [0.2, 0.25) is 0 Å². The summed E-state index contributed by atoms with van der Waals surface area (Å²) < 4.78 is 33.4. The van der Waals surface area contributed by atoms with E-state index in [2.05, 4.69) is 14.6 Å². The Kier molecular flexibility index (Phi) is 6.87. The minimum Gasteiger partial charge on any atom is -0.494 e. The molecule has 0 bridgehead atoms. The first kappa shape index (κ1) is 23.4. The van der Waals surface area contributed by atoms with Crippen LogP contribution in [0, 0.1) is 0 Å². The standard InChI is InChI=1S/C24H26N4O5S/c1-2-33-19-7-9-20(10-8-19)34(31,32)26-18-6-11-22(21(17-18)24(29)30)27-13-15-28(16-14-27)23-5-3-4-12-25-23/h3-12,17,26H,2,13-16H2,1H3,(H,29,30). The molecule has 2 N–H and O–H groups in total. The van der Waals surface area contributed by atoms with Crippen molar-refractivity contribution in [2.24, 2.45) is 0 Å². The third-order valence-electron chi connectivity index (χ3n) is 5.52. The monoisotopic (exact) mass is 482 g/mol. The number of aromatic nitrogens is 1. The van der Waals surface area contributed by atoms with Crippen LogP contribution in [0.3, 0.4) is 0 Å². The number of hydrogen-bond donors (Lipinski definition) is 2. The lowest BCUT2D eigenvalue weighted by Crippen LogP contribution is -2.47. The number of aromatic carboxylic acids is 1. The average molecular weight is 483 g/mol. The molecule has 9 nitrogen and oxygen atoms in total. The molecule has 10 heteroatoms. The van der Waals surface area contributed by atoms with Gasteiger partial charge in [0.15, 0.2) is 0 Å². The van der Waals surface area contributed by atoms with Gasteiger partial charge in [-0.3, -0.25) is 4.72 Å². The molecule has 0 amide bonds. The topological polar surface area (TPSA) is 112 Å². The average Bonchev–Trinajstić information content (AvgIpc) is 2.85. The van der Waals surface area contributed by atoms with Crippen molar-refractivity contribution in [3.63, 3.8) is 0 Å². The lowest BCUT2D eigenvalue weighted by atomic mass is 10.1. The number of nitrogens with one attached hydrogen (secondary N) is 1. The van der Waals surface area contributed by atoms with Crippen LogP contribution in [0.15, 0.2) is 71.8 Å². The van der Waals surface area contributed by atoms with Gasteiger partial charge >= 0.3 is 5.97 Å². The highest BCUT2D eigenvalue weighted by Crippen LogP contribution is 2.28. The summed E-state index contributed by atoms with van der Waals surface area (Å²) in [5.74, 6) is 0.339. The number of carboxylic acid groups (broad SMARTS) is 1. The molecule has 0 aliphatic carbocycles. The molecule has 0 saturated carbocycles. The van der Waals surface area contributed by atoms with Gasteiger partial charge in [-0.25, -0.2) is 18.2 Å². The van der Waals surface area contributed by atoms with E-state index in [0.717, 1.165) is 5.82 Å². The Balaban J connectivity index is 1.50. The summed E-state index contributed by atoms with van der Waals surface area (Å²) in [5, 5.41) is 9.81. The molecule has 0 spiro atoms. The van der Waals surface area contributed by atoms with Crippen LogP contribution in [-0.2, 0) is 10.0 Å². The van der Waals surface area contributed by atoms with E-state index in [9.17, 15) is 18.3 Å². The maximum Gasteiger partial charge on any atom is 0.337 e. The second-order valence-corrected chi connectivity index (χ2v) is 9.39. The summed E-state index contributed by atoms with van der Waals surface area (Å²) >= 11 is 0. The Morgan fingerprint density at radius 1 is 1.03 bits per heavy atom. The third-order valence-corrected chi connectivity index (χ3v) is 6.92. The van der Waals surface area contributed by atoms with E-state index in [1.54, 1.807) is 30.5 Å². The van der Waals surface area contributed by atoms with E-state index in [0.29, 0.717) is 44.2 Å². The van der Waals surface area contributed by atoms with Crippen molar-refractivity contribution in [2.45, 2.75) is 11.8 Å². The Morgan fingerprint density at radius 2 is 1.74 bits per heavy atom. The number of nitrogens with zero attached hydrogens (tertiary/aromatic N) is 3. The molecule has 0 unspecified atom stereocenters. The van der Waals surface area contributed by atoms with E-state index < -0.39 is 16.0 Å². The van der Waals surface area contributed by atoms with Crippen molar-refractivity contribution >= 4 is 33.2 Å². The molecule has 1 fully saturated rings. The minimum absolute atomic E-state index is 0.0400. The minimum atomic E-state index is -3.89. The SMILES string of the molecule is CCOc1ccc(S(=O)(=O)Nc2ccc(N3CCN(c4ccccn4)CC3)c(C(=O)O)c2)cc1. The van der Waals surface area contributed by atoms with Gasteiger partial charge in [0.1, 0.15) is 11.6 Å². The molecular weight excluding hydrogens is 456 g/mol. The molecule has 34 heavy (non-hydrogen) atoms. The Hall–Kier alpha value is -3.79. The van der Waals surface area contributed by atoms with Crippen LogP contribution in [0.4, 0.5) is 17.2 Å². The predicted octanol–water partition coefficient (Wildman–Crippen LogP) is 3.31. The number of rotatable bonds is 8.